The first-order valence-electron chi connectivity index (χ1n) is 19.6. The summed E-state index contributed by atoms with van der Waals surface area (Å²) in [5.41, 5.74) is 15.9. The van der Waals surface area contributed by atoms with Crippen molar-refractivity contribution in [3.8, 4) is 35.4 Å². The summed E-state index contributed by atoms with van der Waals surface area (Å²) in [4.78, 5) is 4.35. The largest absolute Gasteiger partial charge is 0.311 e. The predicted molar refractivity (Wildman–Crippen MR) is 242 cm³/mol. The van der Waals surface area contributed by atoms with E-state index in [1.165, 1.54) is 0 Å². The summed E-state index contributed by atoms with van der Waals surface area (Å²) in [7, 11) is 0. The Bertz CT molecular complexity index is 2910. The van der Waals surface area contributed by atoms with Gasteiger partial charge in [-0.05, 0) is 93.6 Å². The lowest BCUT2D eigenvalue weighted by molar-refractivity contribution is 1.28. The second kappa shape index (κ2) is 14.8. The summed E-state index contributed by atoms with van der Waals surface area (Å²) in [6.07, 6.45) is 0. The zero-order chi connectivity index (χ0) is 40.7. The van der Waals surface area contributed by atoms with E-state index in [2.05, 4.69) is 155 Å². The van der Waals surface area contributed by atoms with Gasteiger partial charge in [0.15, 0.2) is 0 Å². The zero-order valence-corrected chi connectivity index (χ0v) is 32.2. The fourth-order valence-corrected chi connectivity index (χ4v) is 9.11. The van der Waals surface area contributed by atoms with E-state index in [1.807, 2.05) is 48.5 Å². The van der Waals surface area contributed by atoms with Gasteiger partial charge in [0.25, 0.3) is 0 Å². The first kappa shape index (κ1) is 35.8. The smallest absolute Gasteiger partial charge is 0.246 e. The van der Waals surface area contributed by atoms with Crippen LogP contribution < -0.4 is 42.6 Å². The van der Waals surface area contributed by atoms with Crippen LogP contribution in [0.15, 0.2) is 182 Å². The highest BCUT2D eigenvalue weighted by Crippen LogP contribution is 2.40. The van der Waals surface area contributed by atoms with Crippen LogP contribution in [0, 0.1) is 45.3 Å². The van der Waals surface area contributed by atoms with Crippen LogP contribution in [-0.4, -0.2) is 13.4 Å². The fraction of sp³-hybridized carbons (Fsp3) is 0. The first-order chi connectivity index (χ1) is 29.6. The van der Waals surface area contributed by atoms with Crippen LogP contribution in [0.25, 0.3) is 11.1 Å². The summed E-state index contributed by atoms with van der Waals surface area (Å²) in [5, 5.41) is 39.9. The molecule has 0 amide bonds. The van der Waals surface area contributed by atoms with Gasteiger partial charge in [0.2, 0.25) is 13.4 Å². The van der Waals surface area contributed by atoms with E-state index in [0.29, 0.717) is 22.3 Å². The van der Waals surface area contributed by atoms with Crippen LogP contribution in [0.2, 0.25) is 0 Å². The summed E-state index contributed by atoms with van der Waals surface area (Å²) >= 11 is 0. The summed E-state index contributed by atoms with van der Waals surface area (Å²) < 4.78 is 0. The van der Waals surface area contributed by atoms with Crippen molar-refractivity contribution in [1.29, 1.82) is 21.0 Å². The Kier molecular flexibility index (Phi) is 8.81. The minimum absolute atomic E-state index is 0.0954. The fourth-order valence-electron chi connectivity index (χ4n) is 9.11. The van der Waals surface area contributed by atoms with E-state index >= 15 is 0 Å². The molecule has 60 heavy (non-hydrogen) atoms. The predicted octanol–water partition coefficient (Wildman–Crippen LogP) is 7.44. The van der Waals surface area contributed by atoms with Crippen molar-refractivity contribution in [2.24, 2.45) is 0 Å². The van der Waals surface area contributed by atoms with Gasteiger partial charge < -0.3 is 9.80 Å². The number of anilines is 6. The quantitative estimate of drug-likeness (QED) is 0.169. The molecule has 0 bridgehead atoms. The molecule has 2 heterocycles. The van der Waals surface area contributed by atoms with Crippen LogP contribution in [0.4, 0.5) is 34.1 Å². The third kappa shape index (κ3) is 5.97. The lowest BCUT2D eigenvalue weighted by Crippen LogP contribution is -2.57. The second-order valence-corrected chi connectivity index (χ2v) is 15.0. The highest BCUT2D eigenvalue weighted by molar-refractivity contribution is 6.98. The molecule has 0 N–H and O–H groups in total. The Hall–Kier alpha value is -8.55. The van der Waals surface area contributed by atoms with Crippen molar-refractivity contribution in [1.82, 2.24) is 0 Å². The number of nitriles is 4. The van der Waals surface area contributed by atoms with Gasteiger partial charge >= 0.3 is 0 Å². The molecule has 0 saturated heterocycles. The van der Waals surface area contributed by atoms with Crippen molar-refractivity contribution >= 4 is 80.3 Å². The monoisotopic (exact) mass is 760 g/mol. The standard InChI is InChI=1S/C52H30B2N6/c55-31-35-23-36(32-56)26-43(25-35)59-49-17-9-7-15-45(49)53(41-11-3-1-4-12-41)47-29-39(19-21-51(47)59)40-20-22-52-48(30-40)54(42-13-5-2-6-14-42)46-16-8-10-18-50(46)60(52)44-27-37(33-57)24-38(28-44)34-58/h1-30H. The maximum absolute atomic E-state index is 9.98. The van der Waals surface area contributed by atoms with E-state index in [1.54, 1.807) is 12.1 Å². The minimum atomic E-state index is -0.0954. The van der Waals surface area contributed by atoms with Crippen LogP contribution in [0.5, 0.6) is 0 Å². The van der Waals surface area contributed by atoms with E-state index in [-0.39, 0.29) is 13.4 Å². The Labute approximate surface area is 349 Å². The number of benzene rings is 8. The van der Waals surface area contributed by atoms with Gasteiger partial charge in [-0.2, -0.15) is 21.0 Å². The SMILES string of the molecule is N#Cc1cc(C#N)cc(N2c3ccccc3B(c3ccccc3)c3cc(-c4ccc5c(c4)B(c4ccccc4)c4ccccc4N5c4cc(C#N)cc(C#N)c4)ccc32)c1. The number of nitrogens with zero attached hydrogens (tertiary/aromatic N) is 6. The van der Waals surface area contributed by atoms with Crippen LogP contribution in [-0.2, 0) is 0 Å². The van der Waals surface area contributed by atoms with E-state index in [4.69, 9.17) is 0 Å². The topological polar surface area (TPSA) is 102 Å². The second-order valence-electron chi connectivity index (χ2n) is 15.0. The maximum Gasteiger partial charge on any atom is 0.246 e. The molecule has 0 aromatic heterocycles. The van der Waals surface area contributed by atoms with E-state index < -0.39 is 0 Å². The van der Waals surface area contributed by atoms with Crippen molar-refractivity contribution < 1.29 is 0 Å². The Morgan fingerprint density at radius 1 is 0.317 bits per heavy atom. The van der Waals surface area contributed by atoms with Gasteiger partial charge in [-0.1, -0.05) is 132 Å². The molecular weight excluding hydrogens is 730 g/mol. The molecule has 6 nitrogen and oxygen atoms in total. The van der Waals surface area contributed by atoms with E-state index in [9.17, 15) is 21.0 Å². The van der Waals surface area contributed by atoms with Gasteiger partial charge in [0, 0.05) is 34.1 Å². The molecule has 8 aromatic rings. The molecule has 0 atom stereocenters. The summed E-state index contributed by atoms with van der Waals surface area (Å²) in [5.74, 6) is 0. The number of hydrogen-bond acceptors (Lipinski definition) is 6. The van der Waals surface area contributed by atoms with Crippen LogP contribution >= 0.6 is 0 Å². The Balaban J connectivity index is 1.20. The molecular formula is C52H30B2N6. The molecule has 274 valence electrons. The maximum atomic E-state index is 9.98. The molecule has 0 saturated carbocycles. The van der Waals surface area contributed by atoms with Crippen molar-refractivity contribution in [2.45, 2.75) is 0 Å². The molecule has 0 aliphatic carbocycles. The van der Waals surface area contributed by atoms with Crippen molar-refractivity contribution in [3.05, 3.63) is 204 Å². The molecule has 0 radical (unpaired) electrons. The molecule has 10 rings (SSSR count). The lowest BCUT2D eigenvalue weighted by atomic mass is 9.34. The third-order valence-electron chi connectivity index (χ3n) is 11.6. The number of fused-ring (bicyclic) bond motifs is 4. The first-order valence-corrected chi connectivity index (χ1v) is 19.6. The highest BCUT2D eigenvalue weighted by atomic mass is 15.2. The van der Waals surface area contributed by atoms with E-state index in [0.717, 1.165) is 78.0 Å². The average molecular weight is 760 g/mol. The number of para-hydroxylation sites is 2. The Morgan fingerprint density at radius 3 is 1.02 bits per heavy atom. The normalized spacial score (nSPS) is 12.1. The number of hydrogen-bond donors (Lipinski definition) is 0. The zero-order valence-electron chi connectivity index (χ0n) is 32.2. The van der Waals surface area contributed by atoms with Gasteiger partial charge in [-0.15, -0.1) is 0 Å². The van der Waals surface area contributed by atoms with Crippen molar-refractivity contribution in [3.63, 3.8) is 0 Å². The minimum Gasteiger partial charge on any atom is -0.311 e. The number of rotatable bonds is 5. The average Bonchev–Trinajstić information content (AvgIpc) is 3.32. The summed E-state index contributed by atoms with van der Waals surface area (Å²) in [6.45, 7) is -0.191. The molecule has 0 fully saturated rings. The molecule has 2 aliphatic heterocycles. The molecule has 8 heteroatoms. The lowest BCUT2D eigenvalue weighted by Gasteiger charge is -2.38. The molecule has 0 spiro atoms. The summed E-state index contributed by atoms with van der Waals surface area (Å²) in [6, 6.07) is 70.7. The third-order valence-corrected chi connectivity index (χ3v) is 11.6. The van der Waals surface area contributed by atoms with Crippen LogP contribution in [0.1, 0.15) is 22.3 Å². The van der Waals surface area contributed by atoms with Gasteiger partial charge in [-0.3, -0.25) is 0 Å². The molecule has 2 aliphatic rings. The van der Waals surface area contributed by atoms with Crippen molar-refractivity contribution in [2.75, 3.05) is 9.80 Å². The van der Waals surface area contributed by atoms with Gasteiger partial charge in [0.1, 0.15) is 0 Å². The van der Waals surface area contributed by atoms with Gasteiger partial charge in [-0.25, -0.2) is 0 Å². The molecule has 0 unspecified atom stereocenters. The Morgan fingerprint density at radius 2 is 0.650 bits per heavy atom. The highest BCUT2D eigenvalue weighted by Gasteiger charge is 2.37. The van der Waals surface area contributed by atoms with Crippen LogP contribution in [0.3, 0.4) is 0 Å². The van der Waals surface area contributed by atoms with Gasteiger partial charge in [0.05, 0.1) is 46.5 Å². The molecule has 8 aromatic carbocycles.